The highest BCUT2D eigenvalue weighted by atomic mass is 16.5. The molecule has 0 atom stereocenters. The lowest BCUT2D eigenvalue weighted by molar-refractivity contribution is -0.122. The molecule has 0 heterocycles. The van der Waals surface area contributed by atoms with Gasteiger partial charge in [-0.1, -0.05) is 12.1 Å². The Balaban J connectivity index is 2.41. The molecule has 1 amide bonds. The molecule has 0 saturated heterocycles. The number of Topliss-reactive ketones (excluding diaryl/α,β-unsaturated/α-hetero) is 2. The Morgan fingerprint density at radius 2 is 1.95 bits per heavy atom. The lowest BCUT2D eigenvalue weighted by atomic mass is 10.1. The second-order valence-electron chi connectivity index (χ2n) is 4.51. The average Bonchev–Trinajstić information content (AvgIpc) is 2.39. The topological polar surface area (TPSA) is 72.5 Å². The van der Waals surface area contributed by atoms with E-state index in [-0.39, 0.29) is 30.5 Å². The monoisotopic (exact) mass is 277 g/mol. The van der Waals surface area contributed by atoms with Crippen molar-refractivity contribution in [2.24, 2.45) is 0 Å². The molecule has 5 heteroatoms. The van der Waals surface area contributed by atoms with Crippen LogP contribution in [0.1, 0.15) is 36.5 Å². The van der Waals surface area contributed by atoms with Gasteiger partial charge in [-0.05, 0) is 25.5 Å². The zero-order valence-corrected chi connectivity index (χ0v) is 11.8. The summed E-state index contributed by atoms with van der Waals surface area (Å²) in [5, 5.41) is 2.71. The number of nitrogens with one attached hydrogen (secondary N) is 1. The smallest absolute Gasteiger partial charge is 0.224 e. The van der Waals surface area contributed by atoms with E-state index in [1.165, 1.54) is 14.0 Å². The van der Waals surface area contributed by atoms with Crippen molar-refractivity contribution in [3.8, 4) is 0 Å². The van der Waals surface area contributed by atoms with Gasteiger partial charge in [0.2, 0.25) is 5.91 Å². The van der Waals surface area contributed by atoms with Gasteiger partial charge in [0.1, 0.15) is 6.61 Å². The fraction of sp³-hybridized carbons (Fsp3) is 0.400. The molecular weight excluding hydrogens is 258 g/mol. The van der Waals surface area contributed by atoms with Gasteiger partial charge >= 0.3 is 0 Å². The molecular formula is C15H19NO4. The van der Waals surface area contributed by atoms with Crippen molar-refractivity contribution < 1.29 is 19.1 Å². The molecule has 0 aliphatic rings. The van der Waals surface area contributed by atoms with Crippen LogP contribution in [-0.2, 0) is 14.3 Å². The number of hydrogen-bond acceptors (Lipinski definition) is 4. The maximum atomic E-state index is 11.7. The van der Waals surface area contributed by atoms with Crippen molar-refractivity contribution in [3.05, 3.63) is 29.8 Å². The number of ether oxygens (including phenoxy) is 1. The number of hydrogen-bond donors (Lipinski definition) is 1. The fourth-order valence-electron chi connectivity index (χ4n) is 1.72. The third kappa shape index (κ3) is 5.75. The molecule has 0 radical (unpaired) electrons. The van der Waals surface area contributed by atoms with Crippen LogP contribution in [0.5, 0.6) is 0 Å². The third-order valence-electron chi connectivity index (χ3n) is 2.72. The van der Waals surface area contributed by atoms with E-state index in [0.717, 1.165) is 0 Å². The lowest BCUT2D eigenvalue weighted by Crippen LogP contribution is -2.13. The summed E-state index contributed by atoms with van der Waals surface area (Å²) < 4.78 is 4.71. The first-order valence-corrected chi connectivity index (χ1v) is 6.44. The second-order valence-corrected chi connectivity index (χ2v) is 4.51. The molecule has 0 bridgehead atoms. The minimum atomic E-state index is -0.170. The van der Waals surface area contributed by atoms with Crippen molar-refractivity contribution in [1.82, 2.24) is 0 Å². The van der Waals surface area contributed by atoms with Gasteiger partial charge in [0.25, 0.3) is 0 Å². The van der Waals surface area contributed by atoms with Crippen molar-refractivity contribution in [1.29, 1.82) is 0 Å². The second kappa shape index (κ2) is 8.22. The van der Waals surface area contributed by atoms with Crippen molar-refractivity contribution in [3.63, 3.8) is 0 Å². The molecule has 0 saturated carbocycles. The van der Waals surface area contributed by atoms with Crippen molar-refractivity contribution >= 4 is 23.2 Å². The maximum Gasteiger partial charge on any atom is 0.224 e. The SMILES string of the molecule is COCC(=O)CCCC(=O)Nc1cccc(C(C)=O)c1. The lowest BCUT2D eigenvalue weighted by Gasteiger charge is -2.06. The van der Waals surface area contributed by atoms with Gasteiger partial charge in [-0.2, -0.15) is 0 Å². The number of amides is 1. The van der Waals surface area contributed by atoms with E-state index in [1.54, 1.807) is 24.3 Å². The summed E-state index contributed by atoms with van der Waals surface area (Å²) >= 11 is 0. The normalized spacial score (nSPS) is 10.1. The number of methoxy groups -OCH3 is 1. The molecule has 1 N–H and O–H groups in total. The number of ketones is 2. The van der Waals surface area contributed by atoms with Crippen LogP contribution in [0, 0.1) is 0 Å². The summed E-state index contributed by atoms with van der Waals surface area (Å²) in [5.41, 5.74) is 1.14. The molecule has 0 aromatic heterocycles. The molecule has 0 aliphatic heterocycles. The van der Waals surface area contributed by atoms with Gasteiger partial charge in [-0.25, -0.2) is 0 Å². The first-order valence-electron chi connectivity index (χ1n) is 6.44. The Bertz CT molecular complexity index is 496. The largest absolute Gasteiger partial charge is 0.377 e. The summed E-state index contributed by atoms with van der Waals surface area (Å²) in [5.74, 6) is -0.235. The van der Waals surface area contributed by atoms with Crippen LogP contribution >= 0.6 is 0 Å². The van der Waals surface area contributed by atoms with Crippen LogP contribution in [0.15, 0.2) is 24.3 Å². The molecule has 0 aliphatic carbocycles. The van der Waals surface area contributed by atoms with Crippen LogP contribution in [0.3, 0.4) is 0 Å². The van der Waals surface area contributed by atoms with Crippen LogP contribution in [0.4, 0.5) is 5.69 Å². The summed E-state index contributed by atoms with van der Waals surface area (Å²) in [6.07, 6.45) is 1.08. The molecule has 108 valence electrons. The molecule has 0 unspecified atom stereocenters. The van der Waals surface area contributed by atoms with E-state index < -0.39 is 0 Å². The molecule has 20 heavy (non-hydrogen) atoms. The Morgan fingerprint density at radius 3 is 2.60 bits per heavy atom. The first-order chi connectivity index (χ1) is 9.52. The highest BCUT2D eigenvalue weighted by molar-refractivity contribution is 5.97. The van der Waals surface area contributed by atoms with E-state index in [9.17, 15) is 14.4 Å². The van der Waals surface area contributed by atoms with Crippen LogP contribution in [0.2, 0.25) is 0 Å². The standard InChI is InChI=1S/C15H19NO4/c1-11(17)12-5-3-6-13(9-12)16-15(19)8-4-7-14(18)10-20-2/h3,5-6,9H,4,7-8,10H2,1-2H3,(H,16,19). The van der Waals surface area contributed by atoms with E-state index in [1.807, 2.05) is 0 Å². The van der Waals surface area contributed by atoms with E-state index in [0.29, 0.717) is 24.1 Å². The molecule has 1 rings (SSSR count). The van der Waals surface area contributed by atoms with Crippen LogP contribution in [-0.4, -0.2) is 31.2 Å². The summed E-state index contributed by atoms with van der Waals surface area (Å²) in [6, 6.07) is 6.77. The molecule has 1 aromatic carbocycles. The average molecular weight is 277 g/mol. The highest BCUT2D eigenvalue weighted by Crippen LogP contribution is 2.12. The Hall–Kier alpha value is -2.01. The van der Waals surface area contributed by atoms with Gasteiger partial charge < -0.3 is 10.1 Å². The Labute approximate surface area is 118 Å². The van der Waals surface area contributed by atoms with E-state index in [4.69, 9.17) is 4.74 Å². The quantitative estimate of drug-likeness (QED) is 0.739. The summed E-state index contributed by atoms with van der Waals surface area (Å²) in [4.78, 5) is 34.1. The van der Waals surface area contributed by atoms with Gasteiger partial charge in [0.05, 0.1) is 0 Å². The zero-order valence-electron chi connectivity index (χ0n) is 11.8. The number of carbonyl (C=O) groups excluding carboxylic acids is 3. The number of carbonyl (C=O) groups is 3. The minimum absolute atomic E-state index is 0.0149. The number of benzene rings is 1. The molecule has 1 aromatic rings. The zero-order chi connectivity index (χ0) is 15.0. The summed E-state index contributed by atoms with van der Waals surface area (Å²) in [6.45, 7) is 1.56. The van der Waals surface area contributed by atoms with Crippen LogP contribution < -0.4 is 5.32 Å². The van der Waals surface area contributed by atoms with Gasteiger partial charge in [-0.15, -0.1) is 0 Å². The van der Waals surface area contributed by atoms with Crippen molar-refractivity contribution in [2.45, 2.75) is 26.2 Å². The third-order valence-corrected chi connectivity index (χ3v) is 2.72. The molecule has 0 fully saturated rings. The van der Waals surface area contributed by atoms with E-state index >= 15 is 0 Å². The van der Waals surface area contributed by atoms with E-state index in [2.05, 4.69) is 5.32 Å². The Morgan fingerprint density at radius 1 is 1.20 bits per heavy atom. The van der Waals surface area contributed by atoms with Crippen molar-refractivity contribution in [2.75, 3.05) is 19.0 Å². The van der Waals surface area contributed by atoms with Gasteiger partial charge in [-0.3, -0.25) is 14.4 Å². The Kier molecular flexibility index (Phi) is 6.59. The number of rotatable bonds is 8. The number of anilines is 1. The molecule has 0 spiro atoms. The van der Waals surface area contributed by atoms with Gasteiger partial charge in [0, 0.05) is 31.2 Å². The minimum Gasteiger partial charge on any atom is -0.377 e. The molecule has 5 nitrogen and oxygen atoms in total. The maximum absolute atomic E-state index is 11.7. The van der Waals surface area contributed by atoms with Crippen LogP contribution in [0.25, 0.3) is 0 Å². The predicted octanol–water partition coefficient (Wildman–Crippen LogP) is 2.21. The fourth-order valence-corrected chi connectivity index (χ4v) is 1.72. The first kappa shape index (κ1) is 16.0. The highest BCUT2D eigenvalue weighted by Gasteiger charge is 2.07. The predicted molar refractivity (Wildman–Crippen MR) is 75.8 cm³/mol. The summed E-state index contributed by atoms with van der Waals surface area (Å²) in [7, 11) is 1.46. The van der Waals surface area contributed by atoms with Gasteiger partial charge in [0.15, 0.2) is 11.6 Å².